The number of hydrogen-bond acceptors (Lipinski definition) is 3. The SMILES string of the molecule is CCSC1CCCC1NCc1ccc2c(c1)CCN2C. The van der Waals surface area contributed by atoms with Gasteiger partial charge in [0, 0.05) is 37.1 Å². The van der Waals surface area contributed by atoms with Crippen LogP contribution in [-0.4, -0.2) is 30.6 Å². The smallest absolute Gasteiger partial charge is 0.0397 e. The largest absolute Gasteiger partial charge is 0.374 e. The summed E-state index contributed by atoms with van der Waals surface area (Å²) in [5.74, 6) is 1.24. The van der Waals surface area contributed by atoms with E-state index in [2.05, 4.69) is 54.1 Å². The first-order valence-electron chi connectivity index (χ1n) is 7.96. The molecule has 0 amide bonds. The first kappa shape index (κ1) is 14.3. The van der Waals surface area contributed by atoms with E-state index in [0.29, 0.717) is 0 Å². The summed E-state index contributed by atoms with van der Waals surface area (Å²) in [4.78, 5) is 2.36. The third kappa shape index (κ3) is 2.99. The summed E-state index contributed by atoms with van der Waals surface area (Å²) >= 11 is 2.13. The molecular weight excluding hydrogens is 264 g/mol. The molecule has 1 aliphatic heterocycles. The van der Waals surface area contributed by atoms with Gasteiger partial charge in [0.2, 0.25) is 0 Å². The van der Waals surface area contributed by atoms with Crippen molar-refractivity contribution in [3.8, 4) is 0 Å². The minimum absolute atomic E-state index is 0.718. The van der Waals surface area contributed by atoms with Gasteiger partial charge in [-0.25, -0.2) is 0 Å². The zero-order chi connectivity index (χ0) is 13.9. The summed E-state index contributed by atoms with van der Waals surface area (Å²) in [5.41, 5.74) is 4.40. The second-order valence-electron chi connectivity index (χ2n) is 6.05. The van der Waals surface area contributed by atoms with Crippen molar-refractivity contribution in [3.63, 3.8) is 0 Å². The number of hydrogen-bond donors (Lipinski definition) is 1. The van der Waals surface area contributed by atoms with Crippen LogP contribution in [0, 0.1) is 0 Å². The molecule has 0 aromatic heterocycles. The van der Waals surface area contributed by atoms with E-state index in [1.165, 1.54) is 54.8 Å². The monoisotopic (exact) mass is 290 g/mol. The van der Waals surface area contributed by atoms with Crippen LogP contribution < -0.4 is 10.2 Å². The summed E-state index contributed by atoms with van der Waals surface area (Å²) in [7, 11) is 2.19. The third-order valence-electron chi connectivity index (χ3n) is 4.67. The van der Waals surface area contributed by atoms with Gasteiger partial charge in [-0.2, -0.15) is 11.8 Å². The molecule has 1 fully saturated rings. The maximum Gasteiger partial charge on any atom is 0.0397 e. The molecule has 1 heterocycles. The molecule has 1 aromatic rings. The number of nitrogens with one attached hydrogen (secondary N) is 1. The van der Waals surface area contributed by atoms with Gasteiger partial charge in [-0.3, -0.25) is 0 Å². The molecule has 20 heavy (non-hydrogen) atoms. The molecule has 0 spiro atoms. The van der Waals surface area contributed by atoms with Crippen molar-refractivity contribution in [1.29, 1.82) is 0 Å². The van der Waals surface area contributed by atoms with Crippen molar-refractivity contribution in [1.82, 2.24) is 5.32 Å². The first-order chi connectivity index (χ1) is 9.78. The molecule has 0 bridgehead atoms. The summed E-state index contributed by atoms with van der Waals surface area (Å²) in [6.07, 6.45) is 5.35. The predicted octanol–water partition coefficient (Wildman–Crippen LogP) is 3.44. The fraction of sp³-hybridized carbons (Fsp3) is 0.647. The zero-order valence-electron chi connectivity index (χ0n) is 12.7. The minimum atomic E-state index is 0.718. The van der Waals surface area contributed by atoms with Gasteiger partial charge in [0.05, 0.1) is 0 Å². The van der Waals surface area contributed by atoms with Crippen LogP contribution in [0.3, 0.4) is 0 Å². The summed E-state index contributed by atoms with van der Waals surface area (Å²) in [5, 5.41) is 4.63. The van der Waals surface area contributed by atoms with Crippen LogP contribution in [0.5, 0.6) is 0 Å². The number of rotatable bonds is 5. The van der Waals surface area contributed by atoms with E-state index in [9.17, 15) is 0 Å². The quantitative estimate of drug-likeness (QED) is 0.894. The molecular formula is C17H26N2S. The van der Waals surface area contributed by atoms with Gasteiger partial charge in [0.1, 0.15) is 0 Å². The van der Waals surface area contributed by atoms with Crippen molar-refractivity contribution in [2.75, 3.05) is 24.2 Å². The average Bonchev–Trinajstić information content (AvgIpc) is 3.04. The van der Waals surface area contributed by atoms with Crippen molar-refractivity contribution in [2.45, 2.75) is 50.4 Å². The number of likely N-dealkylation sites (N-methyl/N-ethyl adjacent to an activating group) is 1. The first-order valence-corrected chi connectivity index (χ1v) is 9.00. The van der Waals surface area contributed by atoms with Crippen molar-refractivity contribution >= 4 is 17.4 Å². The van der Waals surface area contributed by atoms with E-state index < -0.39 is 0 Å². The highest BCUT2D eigenvalue weighted by Gasteiger charge is 2.26. The van der Waals surface area contributed by atoms with E-state index >= 15 is 0 Å². The molecule has 2 aliphatic rings. The average molecular weight is 290 g/mol. The van der Waals surface area contributed by atoms with Gasteiger partial charge in [-0.15, -0.1) is 0 Å². The molecule has 2 unspecified atom stereocenters. The Morgan fingerprint density at radius 2 is 2.25 bits per heavy atom. The van der Waals surface area contributed by atoms with E-state index in [1.807, 2.05) is 0 Å². The van der Waals surface area contributed by atoms with Gasteiger partial charge in [-0.1, -0.05) is 25.5 Å². The Hall–Kier alpha value is -0.670. The second kappa shape index (κ2) is 6.40. The van der Waals surface area contributed by atoms with Crippen LogP contribution >= 0.6 is 11.8 Å². The van der Waals surface area contributed by atoms with Crippen LogP contribution in [0.1, 0.15) is 37.3 Å². The number of benzene rings is 1. The van der Waals surface area contributed by atoms with Crippen LogP contribution in [0.2, 0.25) is 0 Å². The van der Waals surface area contributed by atoms with Gasteiger partial charge in [0.15, 0.2) is 0 Å². The Bertz CT molecular complexity index is 460. The van der Waals surface area contributed by atoms with Crippen molar-refractivity contribution in [3.05, 3.63) is 29.3 Å². The summed E-state index contributed by atoms with van der Waals surface area (Å²) in [6, 6.07) is 7.72. The Kier molecular flexibility index (Phi) is 4.57. The molecule has 3 rings (SSSR count). The fourth-order valence-electron chi connectivity index (χ4n) is 3.55. The lowest BCUT2D eigenvalue weighted by Gasteiger charge is -2.20. The molecule has 3 heteroatoms. The lowest BCUT2D eigenvalue weighted by molar-refractivity contribution is 0.532. The van der Waals surface area contributed by atoms with Gasteiger partial charge in [-0.05, 0) is 42.2 Å². The van der Waals surface area contributed by atoms with Crippen LogP contribution in [-0.2, 0) is 13.0 Å². The van der Waals surface area contributed by atoms with Crippen LogP contribution in [0.15, 0.2) is 18.2 Å². The van der Waals surface area contributed by atoms with E-state index in [0.717, 1.165) is 17.8 Å². The Morgan fingerprint density at radius 3 is 3.10 bits per heavy atom. The van der Waals surface area contributed by atoms with Crippen molar-refractivity contribution in [2.24, 2.45) is 0 Å². The minimum Gasteiger partial charge on any atom is -0.374 e. The maximum absolute atomic E-state index is 3.80. The van der Waals surface area contributed by atoms with Gasteiger partial charge < -0.3 is 10.2 Å². The molecule has 1 saturated carbocycles. The predicted molar refractivity (Wildman–Crippen MR) is 89.8 cm³/mol. The number of fused-ring (bicyclic) bond motifs is 1. The fourth-order valence-corrected chi connectivity index (χ4v) is 4.78. The van der Waals surface area contributed by atoms with E-state index in [-0.39, 0.29) is 0 Å². The highest BCUT2D eigenvalue weighted by molar-refractivity contribution is 7.99. The third-order valence-corrected chi connectivity index (χ3v) is 6.00. The number of nitrogens with zero attached hydrogens (tertiary/aromatic N) is 1. The van der Waals surface area contributed by atoms with Crippen LogP contribution in [0.25, 0.3) is 0 Å². The lowest BCUT2D eigenvalue weighted by atomic mass is 10.1. The van der Waals surface area contributed by atoms with Gasteiger partial charge >= 0.3 is 0 Å². The molecule has 1 aliphatic carbocycles. The summed E-state index contributed by atoms with van der Waals surface area (Å²) in [6.45, 7) is 4.48. The molecule has 2 nitrogen and oxygen atoms in total. The normalized spacial score (nSPS) is 25.2. The molecule has 0 radical (unpaired) electrons. The van der Waals surface area contributed by atoms with Gasteiger partial charge in [0.25, 0.3) is 0 Å². The summed E-state index contributed by atoms with van der Waals surface area (Å²) < 4.78 is 0. The molecule has 0 saturated heterocycles. The number of thioether (sulfide) groups is 1. The molecule has 1 N–H and O–H groups in total. The second-order valence-corrected chi connectivity index (χ2v) is 7.56. The van der Waals surface area contributed by atoms with Crippen molar-refractivity contribution < 1.29 is 0 Å². The highest BCUT2D eigenvalue weighted by Crippen LogP contribution is 2.31. The Labute approximate surface area is 127 Å². The van der Waals surface area contributed by atoms with Crippen LogP contribution in [0.4, 0.5) is 5.69 Å². The molecule has 2 atom stereocenters. The lowest BCUT2D eigenvalue weighted by Crippen LogP contribution is -2.33. The molecule has 110 valence electrons. The molecule has 1 aromatic carbocycles. The zero-order valence-corrected chi connectivity index (χ0v) is 13.5. The topological polar surface area (TPSA) is 15.3 Å². The standard InChI is InChI=1S/C17H26N2S/c1-3-20-17-6-4-5-15(17)18-12-13-7-8-16-14(11-13)9-10-19(16)2/h7-8,11,15,17-18H,3-6,9-10,12H2,1-2H3. The Balaban J connectivity index is 1.59. The van der Waals surface area contributed by atoms with E-state index in [4.69, 9.17) is 0 Å². The maximum atomic E-state index is 3.80. The van der Waals surface area contributed by atoms with E-state index in [1.54, 1.807) is 0 Å². The number of anilines is 1. The highest BCUT2D eigenvalue weighted by atomic mass is 32.2. The Morgan fingerprint density at radius 1 is 1.35 bits per heavy atom.